The first-order chi connectivity index (χ1) is 20.5. The summed E-state index contributed by atoms with van der Waals surface area (Å²) in [6.45, 7) is 4.84. The molecule has 8 rings (SSSR count). The highest BCUT2D eigenvalue weighted by molar-refractivity contribution is 7.90. The number of rotatable bonds is 0. The second-order valence-electron chi connectivity index (χ2n) is 13.3. The van der Waals surface area contributed by atoms with Gasteiger partial charge in [-0.1, -0.05) is 30.7 Å². The third-order valence-corrected chi connectivity index (χ3v) is 13.1. The molecular weight excluding hydrogens is 593 g/mol. The summed E-state index contributed by atoms with van der Waals surface area (Å²) in [5.74, 6) is -0.178. The molecule has 6 aliphatic rings. The number of aromatic nitrogens is 1. The number of hydrogen-bond acceptors (Lipinski definition) is 7. The van der Waals surface area contributed by atoms with Crippen molar-refractivity contribution in [3.63, 3.8) is 0 Å². The molecule has 1 fully saturated rings. The lowest BCUT2D eigenvalue weighted by atomic mass is 9.64. The normalized spacial score (nSPS) is 34.8. The van der Waals surface area contributed by atoms with E-state index >= 15 is 4.39 Å². The van der Waals surface area contributed by atoms with Gasteiger partial charge in [0.25, 0.3) is 5.91 Å². The van der Waals surface area contributed by atoms with Gasteiger partial charge in [-0.2, -0.15) is 0 Å². The molecule has 4 bridgehead atoms. The standard InChI is InChI=1S/C32H37ClFN3O5S/c1-17-18(2)43(40,41)36-31(39)26-9-10-27-30(35-26)37(14-19-5-6-22(19)29(38)21-12-20(17)13-21)15-32(16-42-27)11-3-4-23-24(32)7-8-25(33)28(23)34/h7-10,12,17-20,22,29,38H,3-6,11,13-16H2,1-2H3,(H,36,39)/t17-,18-,19+,20+,22-,29?,32+/m1/s1. The SMILES string of the molecule is C[C@@H]1[C@@H](C)S(=O)(=O)NC(=O)c2ccc3c(n2)N(C[C@@H]2CC[C@H]2C(O)C2=C[C@H]1C2)C[C@@]1(CCCc2c1ccc(Cl)c2F)CO3. The highest BCUT2D eigenvalue weighted by atomic mass is 35.5. The summed E-state index contributed by atoms with van der Waals surface area (Å²) in [6.07, 6.45) is 6.09. The Morgan fingerprint density at radius 1 is 1.21 bits per heavy atom. The maximum absolute atomic E-state index is 15.2. The maximum Gasteiger partial charge on any atom is 0.283 e. The molecule has 0 radical (unpaired) electrons. The van der Waals surface area contributed by atoms with E-state index in [4.69, 9.17) is 21.3 Å². The zero-order valence-corrected chi connectivity index (χ0v) is 25.9. The van der Waals surface area contributed by atoms with Crippen LogP contribution in [0, 0.1) is 29.5 Å². The number of aliphatic hydroxyl groups is 1. The lowest BCUT2D eigenvalue weighted by Crippen LogP contribution is -2.50. The predicted octanol–water partition coefficient (Wildman–Crippen LogP) is 4.78. The van der Waals surface area contributed by atoms with Crippen LogP contribution in [0.1, 0.15) is 67.6 Å². The first-order valence-electron chi connectivity index (χ1n) is 15.3. The quantitative estimate of drug-likeness (QED) is 0.404. The van der Waals surface area contributed by atoms with Gasteiger partial charge in [0.2, 0.25) is 10.0 Å². The van der Waals surface area contributed by atoms with Crippen molar-refractivity contribution in [3.05, 3.63) is 63.6 Å². The topological polar surface area (TPSA) is 109 Å². The van der Waals surface area contributed by atoms with Crippen LogP contribution >= 0.6 is 11.6 Å². The van der Waals surface area contributed by atoms with E-state index < -0.39 is 32.7 Å². The first-order valence-corrected chi connectivity index (χ1v) is 17.2. The molecular formula is C32H37ClFN3O5S. The molecule has 1 aromatic carbocycles. The van der Waals surface area contributed by atoms with E-state index in [1.807, 2.05) is 19.1 Å². The molecule has 1 saturated carbocycles. The number of anilines is 1. The average Bonchev–Trinajstić information content (AvgIpc) is 3.08. The fourth-order valence-corrected chi connectivity index (χ4v) is 9.40. The van der Waals surface area contributed by atoms with Crippen molar-refractivity contribution in [1.29, 1.82) is 0 Å². The van der Waals surface area contributed by atoms with E-state index in [9.17, 15) is 18.3 Å². The smallest absolute Gasteiger partial charge is 0.283 e. The maximum atomic E-state index is 15.2. The Bertz CT molecular complexity index is 1630. The van der Waals surface area contributed by atoms with E-state index in [1.165, 1.54) is 6.07 Å². The van der Waals surface area contributed by atoms with Gasteiger partial charge in [0.15, 0.2) is 11.6 Å². The molecule has 43 heavy (non-hydrogen) atoms. The van der Waals surface area contributed by atoms with Crippen molar-refractivity contribution >= 4 is 33.3 Å². The zero-order valence-electron chi connectivity index (χ0n) is 24.4. The second kappa shape index (κ2) is 10.4. The van der Waals surface area contributed by atoms with Crippen molar-refractivity contribution in [2.45, 2.75) is 69.1 Å². The first kappa shape index (κ1) is 29.0. The summed E-state index contributed by atoms with van der Waals surface area (Å²) in [4.78, 5) is 20.1. The van der Waals surface area contributed by atoms with Crippen LogP contribution in [0.5, 0.6) is 5.75 Å². The molecule has 230 valence electrons. The highest BCUT2D eigenvalue weighted by Gasteiger charge is 2.47. The number of carbonyl (C=O) groups excluding carboxylic acids is 1. The van der Waals surface area contributed by atoms with Gasteiger partial charge in [-0.05, 0) is 104 Å². The molecule has 1 unspecified atom stereocenters. The Kier molecular flexibility index (Phi) is 7.06. The van der Waals surface area contributed by atoms with Gasteiger partial charge < -0.3 is 14.7 Å². The molecule has 3 aliphatic carbocycles. The van der Waals surface area contributed by atoms with Crippen LogP contribution < -0.4 is 14.4 Å². The molecule has 1 amide bonds. The summed E-state index contributed by atoms with van der Waals surface area (Å²) in [7, 11) is -3.99. The molecule has 3 aliphatic heterocycles. The van der Waals surface area contributed by atoms with Gasteiger partial charge in [-0.25, -0.2) is 22.5 Å². The van der Waals surface area contributed by atoms with Crippen molar-refractivity contribution in [2.24, 2.45) is 23.7 Å². The summed E-state index contributed by atoms with van der Waals surface area (Å²) in [6, 6.07) is 6.67. The van der Waals surface area contributed by atoms with E-state index in [0.29, 0.717) is 49.7 Å². The molecule has 8 nitrogen and oxygen atoms in total. The molecule has 11 heteroatoms. The minimum atomic E-state index is -3.99. The fraction of sp³-hybridized carbons (Fsp3) is 0.562. The average molecular weight is 630 g/mol. The fourth-order valence-electron chi connectivity index (χ4n) is 7.91. The molecule has 4 heterocycles. The Morgan fingerprint density at radius 3 is 2.74 bits per heavy atom. The largest absolute Gasteiger partial charge is 0.489 e. The van der Waals surface area contributed by atoms with Crippen LogP contribution in [0.3, 0.4) is 0 Å². The Hall–Kier alpha value is -2.69. The second-order valence-corrected chi connectivity index (χ2v) is 15.7. The molecule has 1 aromatic heterocycles. The van der Waals surface area contributed by atoms with Gasteiger partial charge in [-0.15, -0.1) is 0 Å². The minimum absolute atomic E-state index is 0.0169. The number of hydrogen-bond donors (Lipinski definition) is 2. The number of amides is 1. The third kappa shape index (κ3) is 4.75. The van der Waals surface area contributed by atoms with Crippen molar-refractivity contribution in [3.8, 4) is 5.75 Å². The number of benzene rings is 1. The van der Waals surface area contributed by atoms with Gasteiger partial charge in [0, 0.05) is 18.5 Å². The molecule has 7 atom stereocenters. The van der Waals surface area contributed by atoms with Crippen LogP contribution in [-0.4, -0.2) is 55.5 Å². The lowest BCUT2D eigenvalue weighted by Gasteiger charge is -2.47. The zero-order chi connectivity index (χ0) is 30.3. The van der Waals surface area contributed by atoms with Crippen LogP contribution in [0.4, 0.5) is 10.2 Å². The van der Waals surface area contributed by atoms with Crippen LogP contribution in [0.15, 0.2) is 35.9 Å². The number of fused-ring (bicyclic) bond motifs is 6. The Morgan fingerprint density at radius 2 is 2.00 bits per heavy atom. The summed E-state index contributed by atoms with van der Waals surface area (Å²) >= 11 is 6.18. The molecule has 0 saturated heterocycles. The van der Waals surface area contributed by atoms with Crippen molar-refractivity contribution in [2.75, 3.05) is 24.6 Å². The number of aliphatic hydroxyl groups excluding tert-OH is 1. The lowest BCUT2D eigenvalue weighted by molar-refractivity contribution is 0.0308. The summed E-state index contributed by atoms with van der Waals surface area (Å²) in [5.41, 5.74) is 1.91. The van der Waals surface area contributed by atoms with Gasteiger partial charge >= 0.3 is 0 Å². The van der Waals surface area contributed by atoms with Crippen LogP contribution in [0.2, 0.25) is 5.02 Å². The number of nitrogens with zero attached hydrogens (tertiary/aromatic N) is 2. The van der Waals surface area contributed by atoms with Gasteiger partial charge in [0.05, 0.1) is 23.0 Å². The molecule has 1 spiro atoms. The number of nitrogens with one attached hydrogen (secondary N) is 1. The highest BCUT2D eigenvalue weighted by Crippen LogP contribution is 2.48. The Balaban J connectivity index is 1.32. The van der Waals surface area contributed by atoms with E-state index in [0.717, 1.165) is 36.8 Å². The number of halogens is 2. The third-order valence-electron chi connectivity index (χ3n) is 11.0. The number of pyridine rings is 1. The Labute approximate surface area is 256 Å². The number of carbonyl (C=O) groups is 1. The summed E-state index contributed by atoms with van der Waals surface area (Å²) < 4.78 is 50.4. The van der Waals surface area contributed by atoms with E-state index in [2.05, 4.69) is 9.62 Å². The number of sulfonamides is 1. The van der Waals surface area contributed by atoms with Crippen LogP contribution in [0.25, 0.3) is 0 Å². The monoisotopic (exact) mass is 629 g/mol. The molecule has 2 aromatic rings. The number of allylic oxidation sites excluding steroid dienone is 1. The molecule has 2 N–H and O–H groups in total. The van der Waals surface area contributed by atoms with Gasteiger partial charge in [-0.3, -0.25) is 4.79 Å². The van der Waals surface area contributed by atoms with E-state index in [-0.39, 0.29) is 40.2 Å². The van der Waals surface area contributed by atoms with Crippen LogP contribution in [-0.2, 0) is 21.9 Å². The van der Waals surface area contributed by atoms with Crippen molar-refractivity contribution < 1.29 is 27.4 Å². The van der Waals surface area contributed by atoms with E-state index in [1.54, 1.807) is 19.1 Å². The van der Waals surface area contributed by atoms with Gasteiger partial charge in [0.1, 0.15) is 11.5 Å². The summed E-state index contributed by atoms with van der Waals surface area (Å²) in [5, 5.41) is 10.7. The number of ether oxygens (including phenoxy) is 1. The minimum Gasteiger partial charge on any atom is -0.489 e. The predicted molar refractivity (Wildman–Crippen MR) is 161 cm³/mol. The van der Waals surface area contributed by atoms with Crippen molar-refractivity contribution in [1.82, 2.24) is 9.71 Å².